The minimum absolute atomic E-state index is 0.622. The molecule has 1 rings (SSSR count). The van der Waals surface area contributed by atoms with E-state index in [1.807, 2.05) is 0 Å². The Kier molecular flexibility index (Phi) is 0.998. The van der Waals surface area contributed by atoms with Gasteiger partial charge in [-0.15, -0.1) is 0 Å². The van der Waals surface area contributed by atoms with Crippen LogP contribution in [0.4, 0.5) is 0 Å². The quantitative estimate of drug-likeness (QED) is 0.415. The lowest BCUT2D eigenvalue weighted by atomic mass is 10.4. The summed E-state index contributed by atoms with van der Waals surface area (Å²) in [6.45, 7) is 0.622. The van der Waals surface area contributed by atoms with Gasteiger partial charge in [-0.2, -0.15) is 10.2 Å². The summed E-state index contributed by atoms with van der Waals surface area (Å²) in [5.74, 6) is 0. The lowest BCUT2D eigenvalue weighted by Crippen LogP contribution is -1.77. The highest BCUT2D eigenvalue weighted by molar-refractivity contribution is 4.96. The maximum Gasteiger partial charge on any atom is 0.0713 e. The zero-order valence-corrected chi connectivity index (χ0v) is 3.26. The lowest BCUT2D eigenvalue weighted by molar-refractivity contribution is 1.00. The molecule has 2 nitrogen and oxygen atoms in total. The molecule has 0 N–H and O–H groups in total. The number of hydrogen-bond donors (Lipinski definition) is 0. The van der Waals surface area contributed by atoms with Gasteiger partial charge < -0.3 is 0 Å². The standard InChI is InChI=1S/C4H4N2/c1-2-4-6-5-3-1/h1,3H,4H2. The van der Waals surface area contributed by atoms with Gasteiger partial charge in [0.1, 0.15) is 0 Å². The van der Waals surface area contributed by atoms with Gasteiger partial charge in [0, 0.05) is 12.6 Å². The summed E-state index contributed by atoms with van der Waals surface area (Å²) < 4.78 is 0. The van der Waals surface area contributed by atoms with Gasteiger partial charge in [0.15, 0.2) is 0 Å². The predicted octanol–water partition coefficient (Wildman–Crippen LogP) is 1.05. The topological polar surface area (TPSA) is 24.7 Å². The van der Waals surface area contributed by atoms with Gasteiger partial charge in [0.05, 0.1) is 6.54 Å². The van der Waals surface area contributed by atoms with E-state index >= 15 is 0 Å². The molecule has 1 aliphatic rings. The first-order valence-corrected chi connectivity index (χ1v) is 1.75. The van der Waals surface area contributed by atoms with Gasteiger partial charge in [-0.3, -0.25) is 0 Å². The van der Waals surface area contributed by atoms with Crippen molar-refractivity contribution >= 4 is 0 Å². The molecule has 0 aliphatic carbocycles. The van der Waals surface area contributed by atoms with E-state index in [1.54, 1.807) is 12.3 Å². The van der Waals surface area contributed by atoms with Gasteiger partial charge in [0.25, 0.3) is 0 Å². The van der Waals surface area contributed by atoms with Crippen LogP contribution in [0.2, 0.25) is 0 Å². The summed E-state index contributed by atoms with van der Waals surface area (Å²) in [5, 5.41) is 7.16. The van der Waals surface area contributed by atoms with Crippen LogP contribution in [0.3, 0.4) is 0 Å². The minimum Gasteiger partial charge on any atom is -0.188 e. The highest BCUT2D eigenvalue weighted by Gasteiger charge is 1.80. The Labute approximate surface area is 36.6 Å². The van der Waals surface area contributed by atoms with E-state index in [9.17, 15) is 0 Å². The summed E-state index contributed by atoms with van der Waals surface area (Å²) in [5.41, 5.74) is 0. The Morgan fingerprint density at radius 2 is 2.67 bits per heavy atom. The number of azo groups is 1. The Morgan fingerprint density at radius 3 is 2.83 bits per heavy atom. The van der Waals surface area contributed by atoms with Crippen LogP contribution >= 0.6 is 0 Å². The average Bonchev–Trinajstić information content (AvgIpc) is 1.72. The van der Waals surface area contributed by atoms with Gasteiger partial charge in [0.2, 0.25) is 0 Å². The lowest BCUT2D eigenvalue weighted by Gasteiger charge is -1.86. The third-order valence-corrected chi connectivity index (χ3v) is 0.503. The van der Waals surface area contributed by atoms with E-state index in [1.165, 1.54) is 0 Å². The van der Waals surface area contributed by atoms with Crippen LogP contribution in [-0.2, 0) is 0 Å². The van der Waals surface area contributed by atoms with E-state index in [4.69, 9.17) is 0 Å². The van der Waals surface area contributed by atoms with Crippen molar-refractivity contribution in [2.45, 2.75) is 0 Å². The molecule has 1 aliphatic heterocycles. The fourth-order valence-corrected chi connectivity index (χ4v) is 0.268. The molecule has 0 aromatic heterocycles. The normalized spacial score (nSPS) is 18.7. The van der Waals surface area contributed by atoms with E-state index < -0.39 is 0 Å². The van der Waals surface area contributed by atoms with E-state index in [2.05, 4.69) is 16.6 Å². The molecule has 0 atom stereocenters. The fraction of sp³-hybridized carbons (Fsp3) is 0.250. The molecule has 0 amide bonds. The first-order chi connectivity index (χ1) is 3.00. The van der Waals surface area contributed by atoms with E-state index in [0.29, 0.717) is 6.54 Å². The number of nitrogens with zero attached hydrogens (tertiary/aromatic N) is 2. The molecular formula is C4H4N2. The van der Waals surface area contributed by atoms with Crippen LogP contribution in [0.5, 0.6) is 0 Å². The van der Waals surface area contributed by atoms with Crippen molar-refractivity contribution in [2.24, 2.45) is 10.2 Å². The summed E-state index contributed by atoms with van der Waals surface area (Å²) in [6.07, 6.45) is 6.22. The maximum atomic E-state index is 3.60. The molecule has 0 unspecified atom stereocenters. The van der Waals surface area contributed by atoms with Crippen LogP contribution in [-0.4, -0.2) is 6.54 Å². The maximum absolute atomic E-state index is 3.60. The molecule has 2 radical (unpaired) electrons. The third kappa shape index (κ3) is 0.641. The van der Waals surface area contributed by atoms with Crippen LogP contribution in [0, 0.1) is 6.42 Å². The number of rotatable bonds is 0. The van der Waals surface area contributed by atoms with Gasteiger partial charge in [-0.25, -0.2) is 0 Å². The third-order valence-electron chi connectivity index (χ3n) is 0.503. The average molecular weight is 80.1 g/mol. The summed E-state index contributed by atoms with van der Waals surface area (Å²) in [6, 6.07) is 0. The van der Waals surface area contributed by atoms with Crippen molar-refractivity contribution in [3.05, 3.63) is 18.7 Å². The largest absolute Gasteiger partial charge is 0.188 e. The van der Waals surface area contributed by atoms with Gasteiger partial charge in [-0.05, 0) is 0 Å². The summed E-state index contributed by atoms with van der Waals surface area (Å²) in [7, 11) is 0. The Balaban J connectivity index is 2.46. The monoisotopic (exact) mass is 80.0 g/mol. The Morgan fingerprint density at radius 1 is 1.67 bits per heavy atom. The second kappa shape index (κ2) is 1.70. The molecule has 0 aromatic rings. The summed E-state index contributed by atoms with van der Waals surface area (Å²) >= 11 is 0. The summed E-state index contributed by atoms with van der Waals surface area (Å²) in [4.78, 5) is 0. The highest BCUT2D eigenvalue weighted by atomic mass is 15.1. The van der Waals surface area contributed by atoms with Crippen molar-refractivity contribution in [1.82, 2.24) is 0 Å². The van der Waals surface area contributed by atoms with Gasteiger partial charge in [-0.1, -0.05) is 6.08 Å². The van der Waals surface area contributed by atoms with Crippen molar-refractivity contribution < 1.29 is 0 Å². The zero-order valence-electron chi connectivity index (χ0n) is 3.26. The number of hydrogen-bond acceptors (Lipinski definition) is 2. The fourth-order valence-electron chi connectivity index (χ4n) is 0.268. The van der Waals surface area contributed by atoms with Crippen molar-refractivity contribution in [2.75, 3.05) is 6.54 Å². The van der Waals surface area contributed by atoms with Crippen molar-refractivity contribution in [3.63, 3.8) is 0 Å². The van der Waals surface area contributed by atoms with Gasteiger partial charge >= 0.3 is 0 Å². The minimum atomic E-state index is 0.622. The van der Waals surface area contributed by atoms with Crippen LogP contribution in [0.25, 0.3) is 0 Å². The molecule has 30 valence electrons. The molecule has 0 fully saturated rings. The van der Waals surface area contributed by atoms with Crippen molar-refractivity contribution in [1.29, 1.82) is 0 Å². The predicted molar refractivity (Wildman–Crippen MR) is 22.1 cm³/mol. The van der Waals surface area contributed by atoms with E-state index in [0.717, 1.165) is 0 Å². The first kappa shape index (κ1) is 3.53. The molecule has 0 saturated heterocycles. The first-order valence-electron chi connectivity index (χ1n) is 1.75. The molecule has 2 heteroatoms. The molecule has 0 spiro atoms. The molecule has 0 bridgehead atoms. The molecule has 1 heterocycles. The molecule has 0 saturated carbocycles. The Bertz CT molecular complexity index is 71.5. The van der Waals surface area contributed by atoms with E-state index in [-0.39, 0.29) is 0 Å². The second-order valence-corrected chi connectivity index (χ2v) is 0.935. The Hall–Kier alpha value is -0.660. The van der Waals surface area contributed by atoms with Crippen molar-refractivity contribution in [3.8, 4) is 0 Å². The highest BCUT2D eigenvalue weighted by Crippen LogP contribution is 1.90. The molecular weight excluding hydrogens is 76.1 g/mol. The molecule has 6 heavy (non-hydrogen) atoms. The second-order valence-electron chi connectivity index (χ2n) is 0.935. The van der Waals surface area contributed by atoms with Crippen LogP contribution < -0.4 is 0 Å². The molecule has 0 aromatic carbocycles. The van der Waals surface area contributed by atoms with Crippen LogP contribution in [0.15, 0.2) is 22.5 Å². The zero-order chi connectivity index (χ0) is 4.24. The van der Waals surface area contributed by atoms with Crippen LogP contribution in [0.1, 0.15) is 0 Å². The smallest absolute Gasteiger partial charge is 0.0713 e. The SMILES string of the molecule is [C]1C=CN=NC1.